The number of carboxylic acid groups (broad SMARTS) is 1. The predicted molar refractivity (Wildman–Crippen MR) is 89.5 cm³/mol. The highest BCUT2D eigenvalue weighted by atomic mass is 32.1. The molecule has 126 valence electrons. The lowest BCUT2D eigenvalue weighted by Crippen LogP contribution is -2.46. The van der Waals surface area contributed by atoms with E-state index < -0.39 is 11.4 Å². The highest BCUT2D eigenvalue weighted by Gasteiger charge is 2.43. The van der Waals surface area contributed by atoms with Crippen LogP contribution in [0.4, 0.5) is 4.39 Å². The topological polar surface area (TPSA) is 66.4 Å². The Balaban J connectivity index is 1.64. The fourth-order valence-electron chi connectivity index (χ4n) is 3.07. The molecule has 1 heterocycles. The van der Waals surface area contributed by atoms with Crippen LogP contribution in [-0.2, 0) is 17.8 Å². The maximum absolute atomic E-state index is 13.4. The van der Waals surface area contributed by atoms with Crippen LogP contribution in [0.3, 0.4) is 0 Å². The van der Waals surface area contributed by atoms with E-state index in [1.807, 2.05) is 6.07 Å². The summed E-state index contributed by atoms with van der Waals surface area (Å²) in [7, 11) is 0. The summed E-state index contributed by atoms with van der Waals surface area (Å²) in [5, 5.41) is 11.8. The smallest absolute Gasteiger partial charge is 0.345 e. The van der Waals surface area contributed by atoms with Crippen LogP contribution in [0.5, 0.6) is 0 Å². The zero-order valence-corrected chi connectivity index (χ0v) is 13.9. The number of benzene rings is 1. The van der Waals surface area contributed by atoms with E-state index in [2.05, 4.69) is 5.32 Å². The molecule has 1 aliphatic rings. The molecule has 0 atom stereocenters. The number of hydrogen-bond donors (Lipinski definition) is 2. The lowest BCUT2D eigenvalue weighted by molar-refractivity contribution is -0.136. The van der Waals surface area contributed by atoms with Crippen molar-refractivity contribution in [1.29, 1.82) is 0 Å². The summed E-state index contributed by atoms with van der Waals surface area (Å²) in [5.41, 5.74) is 0.356. The molecular weight excluding hydrogens is 329 g/mol. The average molecular weight is 347 g/mol. The van der Waals surface area contributed by atoms with Gasteiger partial charge in [0.1, 0.15) is 10.7 Å². The van der Waals surface area contributed by atoms with Gasteiger partial charge in [-0.1, -0.05) is 18.6 Å². The van der Waals surface area contributed by atoms with E-state index in [-0.39, 0.29) is 16.6 Å². The number of halogens is 1. The molecule has 0 saturated heterocycles. The van der Waals surface area contributed by atoms with Gasteiger partial charge < -0.3 is 10.4 Å². The molecule has 1 fully saturated rings. The number of nitrogens with one attached hydrogen (secondary N) is 1. The summed E-state index contributed by atoms with van der Waals surface area (Å²) in [4.78, 5) is 24.6. The summed E-state index contributed by atoms with van der Waals surface area (Å²) < 4.78 is 13.4. The molecule has 1 aromatic heterocycles. The Morgan fingerprint density at radius 3 is 2.62 bits per heavy atom. The molecule has 4 nitrogen and oxygen atoms in total. The van der Waals surface area contributed by atoms with Crippen LogP contribution in [0, 0.1) is 11.2 Å². The lowest BCUT2D eigenvalue weighted by Gasteiger charge is -2.40. The number of amides is 1. The largest absolute Gasteiger partial charge is 0.477 e. The second-order valence-electron chi connectivity index (χ2n) is 6.19. The van der Waals surface area contributed by atoms with Gasteiger partial charge in [-0.25, -0.2) is 9.18 Å². The lowest BCUT2D eigenvalue weighted by atomic mass is 9.64. The van der Waals surface area contributed by atoms with Gasteiger partial charge in [-0.15, -0.1) is 11.3 Å². The van der Waals surface area contributed by atoms with Crippen molar-refractivity contribution >= 4 is 23.2 Å². The number of hydrogen-bond acceptors (Lipinski definition) is 3. The van der Waals surface area contributed by atoms with Crippen molar-refractivity contribution in [3.63, 3.8) is 0 Å². The first kappa shape index (κ1) is 16.6. The molecule has 1 amide bonds. The van der Waals surface area contributed by atoms with Crippen LogP contribution in [0.2, 0.25) is 0 Å². The van der Waals surface area contributed by atoms with E-state index in [9.17, 15) is 14.0 Å². The van der Waals surface area contributed by atoms with Crippen molar-refractivity contribution in [2.75, 3.05) is 0 Å². The fourth-order valence-corrected chi connectivity index (χ4v) is 3.85. The van der Waals surface area contributed by atoms with Gasteiger partial charge in [-0.05, 0) is 49.1 Å². The molecule has 0 spiro atoms. The van der Waals surface area contributed by atoms with Crippen molar-refractivity contribution in [2.45, 2.75) is 32.2 Å². The minimum Gasteiger partial charge on any atom is -0.477 e. The monoisotopic (exact) mass is 347 g/mol. The molecular formula is C18H18FNO3S. The van der Waals surface area contributed by atoms with Crippen LogP contribution < -0.4 is 5.32 Å². The van der Waals surface area contributed by atoms with Crippen LogP contribution in [0.1, 0.15) is 39.4 Å². The van der Waals surface area contributed by atoms with Crippen molar-refractivity contribution in [3.8, 4) is 0 Å². The molecule has 0 bridgehead atoms. The molecule has 6 heteroatoms. The number of carbonyl (C=O) groups excluding carboxylic acids is 1. The number of thiophene rings is 1. The van der Waals surface area contributed by atoms with Gasteiger partial charge in [-0.3, -0.25) is 4.79 Å². The molecule has 1 saturated carbocycles. The Labute approximate surface area is 143 Å². The minimum absolute atomic E-state index is 0.0386. The number of carbonyl (C=O) groups is 2. The number of rotatable bonds is 6. The van der Waals surface area contributed by atoms with Gasteiger partial charge >= 0.3 is 5.97 Å². The molecule has 0 aliphatic heterocycles. The Bertz CT molecular complexity index is 767. The van der Waals surface area contributed by atoms with Crippen molar-refractivity contribution in [3.05, 3.63) is 57.5 Å². The first-order valence-corrected chi connectivity index (χ1v) is 8.65. The second-order valence-corrected chi connectivity index (χ2v) is 7.36. The molecule has 2 N–H and O–H groups in total. The third kappa shape index (κ3) is 3.48. The number of aromatic carboxylic acids is 1. The SMILES string of the molecule is O=C(O)c1ccc(CNC(=O)C2(Cc3cccc(F)c3)CCC2)s1. The fraction of sp³-hybridized carbons (Fsp3) is 0.333. The summed E-state index contributed by atoms with van der Waals surface area (Å²) in [6.07, 6.45) is 3.10. The molecule has 1 aromatic carbocycles. The van der Waals surface area contributed by atoms with E-state index in [1.54, 1.807) is 18.2 Å². The van der Waals surface area contributed by atoms with E-state index in [0.717, 1.165) is 41.0 Å². The third-order valence-electron chi connectivity index (χ3n) is 4.52. The summed E-state index contributed by atoms with van der Waals surface area (Å²) in [5.74, 6) is -1.29. The molecule has 0 radical (unpaired) electrons. The predicted octanol–water partition coefficient (Wildman–Crippen LogP) is 3.61. The Kier molecular flexibility index (Phi) is 4.66. The Hall–Kier alpha value is -2.21. The molecule has 3 rings (SSSR count). The van der Waals surface area contributed by atoms with Crippen LogP contribution in [0.15, 0.2) is 36.4 Å². The normalized spacial score (nSPS) is 15.5. The summed E-state index contributed by atoms with van der Waals surface area (Å²) in [6, 6.07) is 9.64. The van der Waals surface area contributed by atoms with E-state index >= 15 is 0 Å². The van der Waals surface area contributed by atoms with Gasteiger partial charge in [0, 0.05) is 4.88 Å². The quantitative estimate of drug-likeness (QED) is 0.839. The first-order chi connectivity index (χ1) is 11.5. The van der Waals surface area contributed by atoms with E-state index in [1.165, 1.54) is 12.1 Å². The van der Waals surface area contributed by atoms with Crippen molar-refractivity contribution < 1.29 is 19.1 Å². The zero-order chi connectivity index (χ0) is 17.2. The number of carboxylic acids is 1. The van der Waals surface area contributed by atoms with Crippen molar-refractivity contribution in [2.24, 2.45) is 5.41 Å². The first-order valence-electron chi connectivity index (χ1n) is 7.83. The van der Waals surface area contributed by atoms with E-state index in [4.69, 9.17) is 5.11 Å². The molecule has 24 heavy (non-hydrogen) atoms. The van der Waals surface area contributed by atoms with E-state index in [0.29, 0.717) is 13.0 Å². The summed E-state index contributed by atoms with van der Waals surface area (Å²) in [6.45, 7) is 0.321. The summed E-state index contributed by atoms with van der Waals surface area (Å²) >= 11 is 1.16. The average Bonchev–Trinajstić information content (AvgIpc) is 2.98. The highest BCUT2D eigenvalue weighted by molar-refractivity contribution is 7.13. The Morgan fingerprint density at radius 1 is 1.25 bits per heavy atom. The maximum atomic E-state index is 13.4. The molecule has 1 aliphatic carbocycles. The zero-order valence-electron chi connectivity index (χ0n) is 13.0. The maximum Gasteiger partial charge on any atom is 0.345 e. The van der Waals surface area contributed by atoms with Gasteiger partial charge in [-0.2, -0.15) is 0 Å². The van der Waals surface area contributed by atoms with Crippen LogP contribution in [-0.4, -0.2) is 17.0 Å². The Morgan fingerprint density at radius 2 is 2.04 bits per heavy atom. The minimum atomic E-state index is -0.959. The van der Waals surface area contributed by atoms with Crippen LogP contribution >= 0.6 is 11.3 Å². The van der Waals surface area contributed by atoms with Crippen molar-refractivity contribution in [1.82, 2.24) is 5.32 Å². The standard InChI is InChI=1S/C18H18FNO3S/c19-13-4-1-3-12(9-13)10-18(7-2-8-18)17(23)20-11-14-5-6-15(24-14)16(21)22/h1,3-6,9H,2,7-8,10-11H2,(H,20,23)(H,21,22). The van der Waals surface area contributed by atoms with Gasteiger partial charge in [0.25, 0.3) is 0 Å². The van der Waals surface area contributed by atoms with Crippen LogP contribution in [0.25, 0.3) is 0 Å². The third-order valence-corrected chi connectivity index (χ3v) is 5.59. The van der Waals surface area contributed by atoms with Gasteiger partial charge in [0.05, 0.1) is 12.0 Å². The van der Waals surface area contributed by atoms with Gasteiger partial charge in [0.15, 0.2) is 0 Å². The second kappa shape index (κ2) is 6.73. The van der Waals surface area contributed by atoms with Gasteiger partial charge in [0.2, 0.25) is 5.91 Å². The molecule has 0 unspecified atom stereocenters. The highest BCUT2D eigenvalue weighted by Crippen LogP contribution is 2.44. The molecule has 2 aromatic rings.